The lowest BCUT2D eigenvalue weighted by atomic mass is 10.2. The van der Waals surface area contributed by atoms with Gasteiger partial charge < -0.3 is 10.1 Å². The molecule has 0 bridgehead atoms. The van der Waals surface area contributed by atoms with E-state index in [1.807, 2.05) is 31.2 Å². The molecular weight excluding hydrogens is 240 g/mol. The Morgan fingerprint density at radius 2 is 2.00 bits per heavy atom. The number of rotatable bonds is 2. The van der Waals surface area contributed by atoms with E-state index in [1.54, 1.807) is 22.8 Å². The van der Waals surface area contributed by atoms with Crippen molar-refractivity contribution in [2.24, 2.45) is 0 Å². The standard InChI is InChI=1S/C15H14N2O2/c1-10-4-2-7-13-14(10)17(15(19)16-13)9-11-5-3-6-12(18)8-11/h2-8,18H,9H2,1H3,(H,16,19). The maximum Gasteiger partial charge on any atom is 0.326 e. The number of phenolic OH excluding ortho intramolecular Hbond substituents is 1. The van der Waals surface area contributed by atoms with Crippen LogP contribution in [0.1, 0.15) is 11.1 Å². The molecule has 0 aliphatic carbocycles. The van der Waals surface area contributed by atoms with Gasteiger partial charge in [-0.2, -0.15) is 0 Å². The molecule has 2 aromatic carbocycles. The largest absolute Gasteiger partial charge is 0.508 e. The van der Waals surface area contributed by atoms with Gasteiger partial charge in [0.1, 0.15) is 5.75 Å². The molecule has 1 aromatic heterocycles. The van der Waals surface area contributed by atoms with Crippen LogP contribution < -0.4 is 5.69 Å². The van der Waals surface area contributed by atoms with Crippen LogP contribution in [0, 0.1) is 6.92 Å². The molecule has 1 heterocycles. The molecular formula is C15H14N2O2. The number of fused-ring (bicyclic) bond motifs is 1. The van der Waals surface area contributed by atoms with Crippen molar-refractivity contribution in [1.29, 1.82) is 0 Å². The highest BCUT2D eigenvalue weighted by Crippen LogP contribution is 2.17. The van der Waals surface area contributed by atoms with E-state index >= 15 is 0 Å². The van der Waals surface area contributed by atoms with Gasteiger partial charge in [0, 0.05) is 0 Å². The zero-order valence-electron chi connectivity index (χ0n) is 10.6. The third-order valence-electron chi connectivity index (χ3n) is 3.25. The summed E-state index contributed by atoms with van der Waals surface area (Å²) in [6.45, 7) is 2.42. The Morgan fingerprint density at radius 1 is 1.21 bits per heavy atom. The van der Waals surface area contributed by atoms with Gasteiger partial charge in [-0.1, -0.05) is 24.3 Å². The third-order valence-corrected chi connectivity index (χ3v) is 3.25. The number of hydrogen-bond donors (Lipinski definition) is 2. The van der Waals surface area contributed by atoms with Crippen LogP contribution in [0.5, 0.6) is 5.75 Å². The lowest BCUT2D eigenvalue weighted by Gasteiger charge is -2.06. The summed E-state index contributed by atoms with van der Waals surface area (Å²) < 4.78 is 1.69. The molecule has 3 aromatic rings. The molecule has 0 saturated carbocycles. The Balaban J connectivity index is 2.15. The van der Waals surface area contributed by atoms with Crippen molar-refractivity contribution in [3.05, 3.63) is 64.1 Å². The number of imidazole rings is 1. The molecule has 0 aliphatic rings. The van der Waals surface area contributed by atoms with Crippen molar-refractivity contribution < 1.29 is 5.11 Å². The van der Waals surface area contributed by atoms with E-state index in [4.69, 9.17) is 0 Å². The second-order valence-corrected chi connectivity index (χ2v) is 4.66. The van der Waals surface area contributed by atoms with Gasteiger partial charge in [-0.15, -0.1) is 0 Å². The first-order chi connectivity index (χ1) is 9.15. The molecule has 0 radical (unpaired) electrons. The minimum atomic E-state index is -0.132. The molecule has 96 valence electrons. The number of aromatic nitrogens is 2. The number of para-hydroxylation sites is 1. The van der Waals surface area contributed by atoms with E-state index in [-0.39, 0.29) is 11.4 Å². The molecule has 0 aliphatic heterocycles. The molecule has 0 unspecified atom stereocenters. The van der Waals surface area contributed by atoms with Crippen LogP contribution in [-0.2, 0) is 6.54 Å². The van der Waals surface area contributed by atoms with Crippen molar-refractivity contribution in [1.82, 2.24) is 9.55 Å². The first kappa shape index (κ1) is 11.6. The van der Waals surface area contributed by atoms with Gasteiger partial charge in [-0.05, 0) is 36.2 Å². The van der Waals surface area contributed by atoms with Crippen molar-refractivity contribution >= 4 is 11.0 Å². The average molecular weight is 254 g/mol. The first-order valence-corrected chi connectivity index (χ1v) is 6.11. The second kappa shape index (κ2) is 4.31. The van der Waals surface area contributed by atoms with Gasteiger partial charge >= 0.3 is 5.69 Å². The predicted octanol–water partition coefficient (Wildman–Crippen LogP) is 2.39. The van der Waals surface area contributed by atoms with Gasteiger partial charge in [0.2, 0.25) is 0 Å². The minimum Gasteiger partial charge on any atom is -0.508 e. The smallest absolute Gasteiger partial charge is 0.326 e. The lowest BCUT2D eigenvalue weighted by Crippen LogP contribution is -2.17. The van der Waals surface area contributed by atoms with Crippen molar-refractivity contribution in [3.63, 3.8) is 0 Å². The molecule has 19 heavy (non-hydrogen) atoms. The van der Waals surface area contributed by atoms with Gasteiger partial charge in [0.15, 0.2) is 0 Å². The van der Waals surface area contributed by atoms with Crippen LogP contribution >= 0.6 is 0 Å². The summed E-state index contributed by atoms with van der Waals surface area (Å²) in [5, 5.41) is 9.48. The fourth-order valence-corrected chi connectivity index (χ4v) is 2.39. The van der Waals surface area contributed by atoms with Gasteiger partial charge in [-0.25, -0.2) is 4.79 Å². The summed E-state index contributed by atoms with van der Waals surface area (Å²) in [4.78, 5) is 14.9. The SMILES string of the molecule is Cc1cccc2[nH]c(=O)n(Cc3cccc(O)c3)c12. The van der Waals surface area contributed by atoms with Crippen LogP contribution in [0.25, 0.3) is 11.0 Å². The summed E-state index contributed by atoms with van der Waals surface area (Å²) in [6, 6.07) is 12.8. The number of aromatic hydroxyl groups is 1. The van der Waals surface area contributed by atoms with Crippen molar-refractivity contribution in [2.45, 2.75) is 13.5 Å². The highest BCUT2D eigenvalue weighted by molar-refractivity contribution is 5.78. The maximum absolute atomic E-state index is 12.0. The summed E-state index contributed by atoms with van der Waals surface area (Å²) in [5.41, 5.74) is 3.57. The van der Waals surface area contributed by atoms with Crippen LogP contribution in [0.2, 0.25) is 0 Å². The minimum absolute atomic E-state index is 0.132. The highest BCUT2D eigenvalue weighted by atomic mass is 16.3. The predicted molar refractivity (Wildman–Crippen MR) is 74.5 cm³/mol. The molecule has 0 saturated heterocycles. The number of benzene rings is 2. The topological polar surface area (TPSA) is 58.0 Å². The van der Waals surface area contributed by atoms with Crippen molar-refractivity contribution in [2.75, 3.05) is 0 Å². The number of aromatic amines is 1. The number of nitrogens with one attached hydrogen (secondary N) is 1. The molecule has 4 nitrogen and oxygen atoms in total. The Morgan fingerprint density at radius 3 is 2.79 bits per heavy atom. The molecule has 0 spiro atoms. The maximum atomic E-state index is 12.0. The summed E-state index contributed by atoms with van der Waals surface area (Å²) in [5.74, 6) is 0.210. The Bertz CT molecular complexity index is 799. The van der Waals surface area contributed by atoms with E-state index in [2.05, 4.69) is 4.98 Å². The quantitative estimate of drug-likeness (QED) is 0.737. The Hall–Kier alpha value is -2.49. The van der Waals surface area contributed by atoms with Crippen LogP contribution in [0.15, 0.2) is 47.3 Å². The lowest BCUT2D eigenvalue weighted by molar-refractivity contribution is 0.474. The number of H-pyrrole nitrogens is 1. The van der Waals surface area contributed by atoms with Crippen LogP contribution in [0.3, 0.4) is 0 Å². The summed E-state index contributed by atoms with van der Waals surface area (Å²) in [7, 11) is 0. The van der Waals surface area contributed by atoms with E-state index in [0.717, 1.165) is 22.2 Å². The van der Waals surface area contributed by atoms with Crippen molar-refractivity contribution in [3.8, 4) is 5.75 Å². The zero-order valence-corrected chi connectivity index (χ0v) is 10.6. The van der Waals surface area contributed by atoms with Gasteiger partial charge in [0.25, 0.3) is 0 Å². The normalized spacial score (nSPS) is 11.0. The van der Waals surface area contributed by atoms with Gasteiger partial charge in [-0.3, -0.25) is 4.57 Å². The molecule has 2 N–H and O–H groups in total. The molecule has 4 heteroatoms. The Labute approximate surface area is 109 Å². The van der Waals surface area contributed by atoms with E-state index in [0.29, 0.717) is 6.54 Å². The fraction of sp³-hybridized carbons (Fsp3) is 0.133. The Kier molecular flexibility index (Phi) is 2.63. The molecule has 0 fully saturated rings. The van der Waals surface area contributed by atoms with E-state index < -0.39 is 0 Å². The van der Waals surface area contributed by atoms with E-state index in [9.17, 15) is 9.90 Å². The van der Waals surface area contributed by atoms with Gasteiger partial charge in [0.05, 0.1) is 17.6 Å². The monoisotopic (exact) mass is 254 g/mol. The van der Waals surface area contributed by atoms with Crippen LogP contribution in [0.4, 0.5) is 0 Å². The van der Waals surface area contributed by atoms with E-state index in [1.165, 1.54) is 0 Å². The third kappa shape index (κ3) is 2.01. The number of nitrogens with zero attached hydrogens (tertiary/aromatic N) is 1. The summed E-state index contributed by atoms with van der Waals surface area (Å²) in [6.07, 6.45) is 0. The first-order valence-electron chi connectivity index (χ1n) is 6.11. The fourth-order valence-electron chi connectivity index (χ4n) is 2.39. The zero-order chi connectivity index (χ0) is 13.4. The van der Waals surface area contributed by atoms with Crippen LogP contribution in [-0.4, -0.2) is 14.7 Å². The number of phenols is 1. The molecule has 3 rings (SSSR count). The summed E-state index contributed by atoms with van der Waals surface area (Å²) >= 11 is 0. The average Bonchev–Trinajstić information content (AvgIpc) is 2.67. The molecule has 0 amide bonds. The molecule has 0 atom stereocenters. The highest BCUT2D eigenvalue weighted by Gasteiger charge is 2.09. The number of aryl methyl sites for hydroxylation is 1. The number of hydrogen-bond acceptors (Lipinski definition) is 2. The second-order valence-electron chi connectivity index (χ2n) is 4.66.